The van der Waals surface area contributed by atoms with Crippen LogP contribution in [0.3, 0.4) is 0 Å². The number of phenolic OH excluding ortho intramolecular Hbond substituents is 1. The number of hydrogen-bond acceptors (Lipinski definition) is 5. The molecule has 2 aromatic rings. The van der Waals surface area contributed by atoms with E-state index in [2.05, 4.69) is 5.32 Å². The first-order valence-electron chi connectivity index (χ1n) is 8.09. The molecule has 2 amide bonds. The summed E-state index contributed by atoms with van der Waals surface area (Å²) in [5, 5.41) is 11.9. The highest BCUT2D eigenvalue weighted by Crippen LogP contribution is 2.32. The normalized spacial score (nSPS) is 13.0. The Bertz CT molecular complexity index is 861. The van der Waals surface area contributed by atoms with Crippen LogP contribution in [0, 0.1) is 0 Å². The maximum absolute atomic E-state index is 12.4. The number of rotatable bonds is 5. The lowest BCUT2D eigenvalue weighted by Gasteiger charge is -2.26. The van der Waals surface area contributed by atoms with Gasteiger partial charge < -0.3 is 20.1 Å². The Morgan fingerprint density at radius 1 is 1.15 bits per heavy atom. The van der Waals surface area contributed by atoms with Crippen molar-refractivity contribution in [1.29, 1.82) is 0 Å². The van der Waals surface area contributed by atoms with Gasteiger partial charge in [-0.05, 0) is 42.5 Å². The number of benzene rings is 2. The van der Waals surface area contributed by atoms with Gasteiger partial charge in [0.05, 0.1) is 5.69 Å². The lowest BCUT2D eigenvalue weighted by molar-refractivity contribution is -0.121. The molecule has 0 aromatic heterocycles. The Morgan fingerprint density at radius 2 is 1.88 bits per heavy atom. The standard InChI is InChI=1S/C19H18N2O5/c1-21-15-10-12(2-8-17(15)26-11-19(21)25)16(23)7-9-18(24)20-13-3-5-14(22)6-4-13/h2-6,8,10,22H,7,9,11H2,1H3,(H,20,24). The molecule has 0 aliphatic carbocycles. The van der Waals surface area contributed by atoms with Gasteiger partial charge in [-0.1, -0.05) is 0 Å². The van der Waals surface area contributed by atoms with Gasteiger partial charge in [-0.3, -0.25) is 14.4 Å². The maximum atomic E-state index is 12.4. The summed E-state index contributed by atoms with van der Waals surface area (Å²) in [4.78, 5) is 37.5. The molecule has 134 valence electrons. The van der Waals surface area contributed by atoms with Crippen molar-refractivity contribution in [1.82, 2.24) is 0 Å². The molecule has 1 aliphatic heterocycles. The van der Waals surface area contributed by atoms with E-state index in [0.29, 0.717) is 22.7 Å². The highest BCUT2D eigenvalue weighted by atomic mass is 16.5. The monoisotopic (exact) mass is 354 g/mol. The smallest absolute Gasteiger partial charge is 0.264 e. The Balaban J connectivity index is 1.60. The van der Waals surface area contributed by atoms with Crippen LogP contribution in [0.15, 0.2) is 42.5 Å². The molecule has 0 saturated heterocycles. The number of hydrogen-bond donors (Lipinski definition) is 2. The predicted octanol–water partition coefficient (Wildman–Crippen LogP) is 2.35. The van der Waals surface area contributed by atoms with Crippen molar-refractivity contribution in [3.8, 4) is 11.5 Å². The summed E-state index contributed by atoms with van der Waals surface area (Å²) in [5.41, 5.74) is 1.51. The molecule has 0 spiro atoms. The van der Waals surface area contributed by atoms with Crippen molar-refractivity contribution in [3.63, 3.8) is 0 Å². The number of phenols is 1. The summed E-state index contributed by atoms with van der Waals surface area (Å²) < 4.78 is 5.33. The van der Waals surface area contributed by atoms with Crippen LogP contribution in [-0.4, -0.2) is 36.4 Å². The summed E-state index contributed by atoms with van der Waals surface area (Å²) in [6.07, 6.45) is 0.0727. The minimum atomic E-state index is -0.294. The fourth-order valence-electron chi connectivity index (χ4n) is 2.59. The van der Waals surface area contributed by atoms with Crippen LogP contribution in [-0.2, 0) is 9.59 Å². The number of fused-ring (bicyclic) bond motifs is 1. The molecule has 0 unspecified atom stereocenters. The van der Waals surface area contributed by atoms with Gasteiger partial charge in [0.25, 0.3) is 5.91 Å². The van der Waals surface area contributed by atoms with E-state index in [1.165, 1.54) is 17.0 Å². The number of aromatic hydroxyl groups is 1. The van der Waals surface area contributed by atoms with E-state index in [1.54, 1.807) is 37.4 Å². The van der Waals surface area contributed by atoms with Crippen LogP contribution in [0.4, 0.5) is 11.4 Å². The highest BCUT2D eigenvalue weighted by molar-refractivity contribution is 6.03. The summed E-state index contributed by atoms with van der Waals surface area (Å²) in [5.74, 6) is -0.0141. The van der Waals surface area contributed by atoms with Crippen LogP contribution in [0.25, 0.3) is 0 Å². The minimum absolute atomic E-state index is 0.0196. The highest BCUT2D eigenvalue weighted by Gasteiger charge is 2.23. The molecule has 0 radical (unpaired) electrons. The fourth-order valence-corrected chi connectivity index (χ4v) is 2.59. The van der Waals surface area contributed by atoms with Gasteiger partial charge in [0.2, 0.25) is 5.91 Å². The first kappa shape index (κ1) is 17.5. The number of anilines is 2. The topological polar surface area (TPSA) is 95.9 Å². The molecular formula is C19H18N2O5. The van der Waals surface area contributed by atoms with Crippen molar-refractivity contribution in [2.45, 2.75) is 12.8 Å². The van der Waals surface area contributed by atoms with Gasteiger partial charge in [-0.25, -0.2) is 0 Å². The zero-order valence-corrected chi connectivity index (χ0v) is 14.2. The molecule has 0 bridgehead atoms. The quantitative estimate of drug-likeness (QED) is 0.635. The van der Waals surface area contributed by atoms with E-state index >= 15 is 0 Å². The Hall–Kier alpha value is -3.35. The number of amides is 2. The summed E-state index contributed by atoms with van der Waals surface area (Å²) in [6, 6.07) is 11.0. The zero-order chi connectivity index (χ0) is 18.7. The number of carbonyl (C=O) groups excluding carboxylic acids is 3. The molecule has 1 aliphatic rings. The van der Waals surface area contributed by atoms with Crippen molar-refractivity contribution < 1.29 is 24.2 Å². The molecule has 26 heavy (non-hydrogen) atoms. The lowest BCUT2D eigenvalue weighted by Crippen LogP contribution is -2.35. The number of Topliss-reactive ketones (excluding diaryl/α,β-unsaturated/α-hetero) is 1. The molecular weight excluding hydrogens is 336 g/mol. The Morgan fingerprint density at radius 3 is 2.62 bits per heavy atom. The second-order valence-electron chi connectivity index (χ2n) is 5.94. The molecule has 2 aromatic carbocycles. The second kappa shape index (κ2) is 7.26. The SMILES string of the molecule is CN1C(=O)COc2ccc(C(=O)CCC(=O)Nc3ccc(O)cc3)cc21. The molecule has 3 rings (SSSR count). The summed E-state index contributed by atoms with van der Waals surface area (Å²) >= 11 is 0. The van der Waals surface area contributed by atoms with Crippen LogP contribution in [0.1, 0.15) is 23.2 Å². The van der Waals surface area contributed by atoms with Crippen LogP contribution in [0.5, 0.6) is 11.5 Å². The summed E-state index contributed by atoms with van der Waals surface area (Å²) in [6.45, 7) is -0.0196. The number of likely N-dealkylation sites (N-methyl/N-ethyl adjacent to an activating group) is 1. The van der Waals surface area contributed by atoms with E-state index in [-0.39, 0.29) is 42.8 Å². The van der Waals surface area contributed by atoms with Gasteiger partial charge in [-0.15, -0.1) is 0 Å². The molecule has 2 N–H and O–H groups in total. The number of ether oxygens (including phenoxy) is 1. The van der Waals surface area contributed by atoms with E-state index in [0.717, 1.165) is 0 Å². The van der Waals surface area contributed by atoms with Crippen molar-refractivity contribution >= 4 is 29.0 Å². The van der Waals surface area contributed by atoms with Gasteiger partial charge >= 0.3 is 0 Å². The Kier molecular flexibility index (Phi) is 4.88. The zero-order valence-electron chi connectivity index (χ0n) is 14.2. The van der Waals surface area contributed by atoms with E-state index in [1.807, 2.05) is 0 Å². The van der Waals surface area contributed by atoms with Crippen molar-refractivity contribution in [2.75, 3.05) is 23.9 Å². The molecule has 0 fully saturated rings. The van der Waals surface area contributed by atoms with Gasteiger partial charge in [0, 0.05) is 31.1 Å². The second-order valence-corrected chi connectivity index (χ2v) is 5.94. The number of ketones is 1. The third kappa shape index (κ3) is 3.83. The van der Waals surface area contributed by atoms with Crippen LogP contribution >= 0.6 is 0 Å². The average molecular weight is 354 g/mol. The lowest BCUT2D eigenvalue weighted by atomic mass is 10.0. The summed E-state index contributed by atoms with van der Waals surface area (Å²) in [7, 11) is 1.63. The number of nitrogens with zero attached hydrogens (tertiary/aromatic N) is 1. The van der Waals surface area contributed by atoms with Gasteiger partial charge in [0.1, 0.15) is 11.5 Å². The third-order valence-electron chi connectivity index (χ3n) is 4.10. The average Bonchev–Trinajstić information content (AvgIpc) is 2.64. The largest absolute Gasteiger partial charge is 0.508 e. The third-order valence-corrected chi connectivity index (χ3v) is 4.10. The van der Waals surface area contributed by atoms with Crippen LogP contribution in [0.2, 0.25) is 0 Å². The fraction of sp³-hybridized carbons (Fsp3) is 0.211. The Labute approximate surface area is 150 Å². The van der Waals surface area contributed by atoms with Gasteiger partial charge in [-0.2, -0.15) is 0 Å². The number of carbonyl (C=O) groups is 3. The molecule has 0 saturated carbocycles. The van der Waals surface area contributed by atoms with E-state index in [9.17, 15) is 19.5 Å². The first-order chi connectivity index (χ1) is 12.4. The van der Waals surface area contributed by atoms with Crippen molar-refractivity contribution in [3.05, 3.63) is 48.0 Å². The maximum Gasteiger partial charge on any atom is 0.264 e. The minimum Gasteiger partial charge on any atom is -0.508 e. The van der Waals surface area contributed by atoms with Crippen LogP contribution < -0.4 is 15.0 Å². The number of nitrogens with one attached hydrogen (secondary N) is 1. The van der Waals surface area contributed by atoms with Crippen molar-refractivity contribution in [2.24, 2.45) is 0 Å². The molecule has 7 nitrogen and oxygen atoms in total. The molecule has 7 heteroatoms. The van der Waals surface area contributed by atoms with Gasteiger partial charge in [0.15, 0.2) is 12.4 Å². The predicted molar refractivity (Wildman–Crippen MR) is 95.6 cm³/mol. The first-order valence-corrected chi connectivity index (χ1v) is 8.09. The van der Waals surface area contributed by atoms with E-state index in [4.69, 9.17) is 4.74 Å². The van der Waals surface area contributed by atoms with E-state index < -0.39 is 0 Å². The molecule has 0 atom stereocenters. The molecule has 1 heterocycles.